The number of nitrogens with zero attached hydrogens (tertiary/aromatic N) is 1. The van der Waals surface area contributed by atoms with E-state index in [1.807, 2.05) is 23.1 Å². The van der Waals surface area contributed by atoms with Crippen molar-refractivity contribution in [3.63, 3.8) is 0 Å². The maximum atomic E-state index is 3.58. The number of thiophene rings is 1. The van der Waals surface area contributed by atoms with Crippen LogP contribution in [0.2, 0.25) is 0 Å². The molecule has 1 rings (SSSR count). The van der Waals surface area contributed by atoms with Gasteiger partial charge in [0.2, 0.25) is 0 Å². The summed E-state index contributed by atoms with van der Waals surface area (Å²) in [6.45, 7) is 3.35. The van der Waals surface area contributed by atoms with E-state index in [-0.39, 0.29) is 0 Å². The Bertz CT molecular complexity index is 288. The number of thioether (sulfide) groups is 1. The Kier molecular flexibility index (Phi) is 6.27. The molecule has 1 nitrogen and oxygen atoms in total. The molecule has 0 saturated carbocycles. The second kappa shape index (κ2) is 6.94. The van der Waals surface area contributed by atoms with Crippen molar-refractivity contribution >= 4 is 39.0 Å². The quantitative estimate of drug-likeness (QED) is 0.779. The average Bonchev–Trinajstić information content (AvgIpc) is 2.61. The van der Waals surface area contributed by atoms with Crippen LogP contribution in [0.3, 0.4) is 0 Å². The number of hydrogen-bond acceptors (Lipinski definition) is 3. The van der Waals surface area contributed by atoms with Crippen molar-refractivity contribution in [3.8, 4) is 0 Å². The zero-order valence-corrected chi connectivity index (χ0v) is 12.7. The molecule has 0 spiro atoms. The molecule has 0 aliphatic rings. The Morgan fingerprint density at radius 3 is 2.87 bits per heavy atom. The first kappa shape index (κ1) is 13.6. The molecule has 0 aromatic carbocycles. The third kappa shape index (κ3) is 4.47. The first-order chi connectivity index (χ1) is 7.15. The summed E-state index contributed by atoms with van der Waals surface area (Å²) in [4.78, 5) is 3.85. The van der Waals surface area contributed by atoms with Crippen molar-refractivity contribution in [2.24, 2.45) is 0 Å². The van der Waals surface area contributed by atoms with Crippen molar-refractivity contribution in [1.29, 1.82) is 0 Å². The van der Waals surface area contributed by atoms with Crippen LogP contribution in [0.1, 0.15) is 18.2 Å². The van der Waals surface area contributed by atoms with Gasteiger partial charge < -0.3 is 0 Å². The van der Waals surface area contributed by atoms with E-state index in [0.29, 0.717) is 6.04 Å². The van der Waals surface area contributed by atoms with E-state index < -0.39 is 0 Å². The summed E-state index contributed by atoms with van der Waals surface area (Å²) in [5.41, 5.74) is 0. The minimum absolute atomic E-state index is 0.659. The highest BCUT2D eigenvalue weighted by Gasteiger charge is 2.11. The lowest BCUT2D eigenvalue weighted by molar-refractivity contribution is 0.247. The van der Waals surface area contributed by atoms with Gasteiger partial charge in [0.15, 0.2) is 0 Å². The summed E-state index contributed by atoms with van der Waals surface area (Å²) in [7, 11) is 2.21. The van der Waals surface area contributed by atoms with Crippen molar-refractivity contribution in [1.82, 2.24) is 4.90 Å². The molecule has 0 bridgehead atoms. The Morgan fingerprint density at radius 1 is 1.60 bits per heavy atom. The zero-order valence-electron chi connectivity index (χ0n) is 9.50. The second-order valence-corrected chi connectivity index (χ2v) is 6.58. The molecule has 1 unspecified atom stereocenters. The van der Waals surface area contributed by atoms with Gasteiger partial charge in [-0.2, -0.15) is 11.8 Å². The summed E-state index contributed by atoms with van der Waals surface area (Å²) < 4.78 is 1.25. The fourth-order valence-electron chi connectivity index (χ4n) is 1.33. The molecule has 86 valence electrons. The van der Waals surface area contributed by atoms with Gasteiger partial charge in [0.1, 0.15) is 0 Å². The molecule has 1 aromatic rings. The molecule has 15 heavy (non-hydrogen) atoms. The monoisotopic (exact) mass is 307 g/mol. The molecular weight excluding hydrogens is 290 g/mol. The summed E-state index contributed by atoms with van der Waals surface area (Å²) in [5.74, 6) is 1.25. The third-order valence-electron chi connectivity index (χ3n) is 2.58. The SMILES string of the molecule is CSCCC(C)N(C)Cc1sccc1Br. The molecule has 0 aliphatic heterocycles. The zero-order chi connectivity index (χ0) is 11.3. The van der Waals surface area contributed by atoms with Crippen molar-refractivity contribution in [2.45, 2.75) is 25.9 Å². The molecule has 1 aromatic heterocycles. The number of rotatable bonds is 6. The fraction of sp³-hybridized carbons (Fsp3) is 0.636. The fourth-order valence-corrected chi connectivity index (χ4v) is 3.45. The van der Waals surface area contributed by atoms with Crippen LogP contribution < -0.4 is 0 Å². The molecule has 1 heterocycles. The third-order valence-corrected chi connectivity index (χ3v) is 5.13. The molecule has 0 aliphatic carbocycles. The highest BCUT2D eigenvalue weighted by Crippen LogP contribution is 2.24. The van der Waals surface area contributed by atoms with Crippen molar-refractivity contribution < 1.29 is 0 Å². The van der Waals surface area contributed by atoms with Crippen LogP contribution in [0.4, 0.5) is 0 Å². The van der Waals surface area contributed by atoms with Crippen LogP contribution in [0.15, 0.2) is 15.9 Å². The van der Waals surface area contributed by atoms with Gasteiger partial charge in [-0.15, -0.1) is 11.3 Å². The van der Waals surface area contributed by atoms with E-state index in [9.17, 15) is 0 Å². The van der Waals surface area contributed by atoms with Gasteiger partial charge in [0.25, 0.3) is 0 Å². The minimum atomic E-state index is 0.659. The summed E-state index contributed by atoms with van der Waals surface area (Å²) in [5, 5.41) is 2.14. The Labute approximate surface area is 109 Å². The summed E-state index contributed by atoms with van der Waals surface area (Å²) >= 11 is 7.33. The van der Waals surface area contributed by atoms with E-state index in [4.69, 9.17) is 0 Å². The van der Waals surface area contributed by atoms with E-state index in [1.165, 1.54) is 21.5 Å². The van der Waals surface area contributed by atoms with Crippen LogP contribution in [-0.2, 0) is 6.54 Å². The topological polar surface area (TPSA) is 3.24 Å². The lowest BCUT2D eigenvalue weighted by atomic mass is 10.2. The predicted molar refractivity (Wildman–Crippen MR) is 75.9 cm³/mol. The molecule has 1 atom stereocenters. The maximum absolute atomic E-state index is 3.58. The number of halogens is 1. The average molecular weight is 308 g/mol. The van der Waals surface area contributed by atoms with Gasteiger partial charge >= 0.3 is 0 Å². The Morgan fingerprint density at radius 2 is 2.33 bits per heavy atom. The highest BCUT2D eigenvalue weighted by molar-refractivity contribution is 9.10. The van der Waals surface area contributed by atoms with E-state index in [1.54, 1.807) is 0 Å². The predicted octanol–water partition coefficient (Wildman–Crippen LogP) is 4.08. The number of hydrogen-bond donors (Lipinski definition) is 0. The molecule has 0 fully saturated rings. The van der Waals surface area contributed by atoms with Crippen LogP contribution in [0.25, 0.3) is 0 Å². The van der Waals surface area contributed by atoms with Gasteiger partial charge in [-0.05, 0) is 59.8 Å². The molecular formula is C11H18BrNS2. The van der Waals surface area contributed by atoms with Gasteiger partial charge in [-0.25, -0.2) is 0 Å². The maximum Gasteiger partial charge on any atom is 0.0339 e. The van der Waals surface area contributed by atoms with Crippen molar-refractivity contribution in [3.05, 3.63) is 20.8 Å². The highest BCUT2D eigenvalue weighted by atomic mass is 79.9. The molecule has 0 N–H and O–H groups in total. The Balaban J connectivity index is 2.41. The van der Waals surface area contributed by atoms with Gasteiger partial charge in [0.05, 0.1) is 0 Å². The smallest absolute Gasteiger partial charge is 0.0339 e. The molecule has 4 heteroatoms. The van der Waals surface area contributed by atoms with Crippen molar-refractivity contribution in [2.75, 3.05) is 19.1 Å². The van der Waals surface area contributed by atoms with E-state index >= 15 is 0 Å². The van der Waals surface area contributed by atoms with E-state index in [2.05, 4.69) is 52.5 Å². The minimum Gasteiger partial charge on any atom is -0.299 e. The first-order valence-corrected chi connectivity index (χ1v) is 8.13. The van der Waals surface area contributed by atoms with Gasteiger partial charge in [0, 0.05) is 21.9 Å². The van der Waals surface area contributed by atoms with Crippen LogP contribution >= 0.6 is 39.0 Å². The first-order valence-electron chi connectivity index (χ1n) is 5.06. The lowest BCUT2D eigenvalue weighted by Crippen LogP contribution is -2.28. The Hall–Kier alpha value is 0.490. The lowest BCUT2D eigenvalue weighted by Gasteiger charge is -2.24. The van der Waals surface area contributed by atoms with Crippen LogP contribution in [-0.4, -0.2) is 30.0 Å². The standard InChI is InChI=1S/C11H18BrNS2/c1-9(4-6-14-3)13(2)8-11-10(12)5-7-15-11/h5,7,9H,4,6,8H2,1-3H3. The normalized spacial score (nSPS) is 13.4. The van der Waals surface area contributed by atoms with Crippen LogP contribution in [0.5, 0.6) is 0 Å². The van der Waals surface area contributed by atoms with Gasteiger partial charge in [-0.1, -0.05) is 0 Å². The largest absolute Gasteiger partial charge is 0.299 e. The summed E-state index contributed by atoms with van der Waals surface area (Å²) in [6.07, 6.45) is 3.43. The molecule has 0 saturated heterocycles. The van der Waals surface area contributed by atoms with Gasteiger partial charge in [-0.3, -0.25) is 4.90 Å². The molecule has 0 amide bonds. The molecule has 0 radical (unpaired) electrons. The second-order valence-electron chi connectivity index (χ2n) is 3.74. The summed E-state index contributed by atoms with van der Waals surface area (Å²) in [6, 6.07) is 2.78. The van der Waals surface area contributed by atoms with Crippen LogP contribution in [0, 0.1) is 0 Å². The van der Waals surface area contributed by atoms with E-state index in [0.717, 1.165) is 6.54 Å².